The number of carboxylic acid groups (broad SMARTS) is 1. The third kappa shape index (κ3) is 3.23. The molecular formula is C15H19N3O2. The number of hydrogen-bond donors (Lipinski definition) is 1. The zero-order chi connectivity index (χ0) is 14.7. The second kappa shape index (κ2) is 5.86. The van der Waals surface area contributed by atoms with Crippen molar-refractivity contribution >= 4 is 5.97 Å². The van der Waals surface area contributed by atoms with Gasteiger partial charge >= 0.3 is 5.97 Å². The molecule has 0 aliphatic carbocycles. The molecule has 2 rings (SSSR count). The molecular weight excluding hydrogens is 254 g/mol. The molecule has 0 saturated carbocycles. The summed E-state index contributed by atoms with van der Waals surface area (Å²) in [5.74, 6) is 1.21. The highest BCUT2D eigenvalue weighted by atomic mass is 16.4. The topological polar surface area (TPSA) is 68.0 Å². The van der Waals surface area contributed by atoms with Crippen LogP contribution in [0.25, 0.3) is 5.69 Å². The summed E-state index contributed by atoms with van der Waals surface area (Å²) in [5, 5.41) is 13.2. The Balaban J connectivity index is 2.19. The minimum Gasteiger partial charge on any atom is -0.481 e. The monoisotopic (exact) mass is 273 g/mol. The highest BCUT2D eigenvalue weighted by Gasteiger charge is 2.10. The Labute approximate surface area is 118 Å². The van der Waals surface area contributed by atoms with Gasteiger partial charge in [-0.2, -0.15) is 5.10 Å². The van der Waals surface area contributed by atoms with E-state index < -0.39 is 5.97 Å². The van der Waals surface area contributed by atoms with Crippen LogP contribution in [-0.2, 0) is 11.2 Å². The van der Waals surface area contributed by atoms with Gasteiger partial charge in [-0.3, -0.25) is 4.79 Å². The fourth-order valence-electron chi connectivity index (χ4n) is 1.95. The molecule has 0 aliphatic heterocycles. The van der Waals surface area contributed by atoms with Crippen LogP contribution in [-0.4, -0.2) is 25.8 Å². The van der Waals surface area contributed by atoms with E-state index >= 15 is 0 Å². The molecule has 1 heterocycles. The Bertz CT molecular complexity index is 600. The van der Waals surface area contributed by atoms with Crippen molar-refractivity contribution in [3.8, 4) is 5.69 Å². The SMILES string of the molecule is Cc1nc(C(C)C)nn1-c1ccc(CCC(=O)O)cc1. The molecule has 0 fully saturated rings. The van der Waals surface area contributed by atoms with E-state index in [1.165, 1.54) is 0 Å². The molecule has 0 radical (unpaired) electrons. The Kier molecular flexibility index (Phi) is 4.17. The van der Waals surface area contributed by atoms with Crippen LogP contribution in [0.5, 0.6) is 0 Å². The Morgan fingerprint density at radius 3 is 2.45 bits per heavy atom. The van der Waals surface area contributed by atoms with Gasteiger partial charge in [0.2, 0.25) is 0 Å². The van der Waals surface area contributed by atoms with E-state index in [9.17, 15) is 4.79 Å². The molecule has 0 saturated heterocycles. The molecule has 5 nitrogen and oxygen atoms in total. The molecule has 0 aliphatic rings. The molecule has 5 heteroatoms. The summed E-state index contributed by atoms with van der Waals surface area (Å²) in [7, 11) is 0. The van der Waals surface area contributed by atoms with Crippen LogP contribution in [0.4, 0.5) is 0 Å². The van der Waals surface area contributed by atoms with E-state index in [-0.39, 0.29) is 6.42 Å². The molecule has 2 aromatic rings. The van der Waals surface area contributed by atoms with Crippen LogP contribution < -0.4 is 0 Å². The second-order valence-corrected chi connectivity index (χ2v) is 5.14. The van der Waals surface area contributed by atoms with Gasteiger partial charge < -0.3 is 5.11 Å². The highest BCUT2D eigenvalue weighted by molar-refractivity contribution is 5.67. The van der Waals surface area contributed by atoms with Gasteiger partial charge in [0.25, 0.3) is 0 Å². The molecule has 1 aromatic heterocycles. The molecule has 0 atom stereocenters. The summed E-state index contributed by atoms with van der Waals surface area (Å²) in [6.45, 7) is 6.06. The van der Waals surface area contributed by atoms with E-state index in [0.29, 0.717) is 12.3 Å². The molecule has 0 spiro atoms. The van der Waals surface area contributed by atoms with E-state index in [1.54, 1.807) is 0 Å². The summed E-state index contributed by atoms with van der Waals surface area (Å²) in [4.78, 5) is 15.0. The van der Waals surface area contributed by atoms with Gasteiger partial charge in [0.05, 0.1) is 5.69 Å². The normalized spacial score (nSPS) is 11.0. The summed E-state index contributed by atoms with van der Waals surface area (Å²) in [5.41, 5.74) is 1.96. The maximum atomic E-state index is 10.5. The number of aryl methyl sites for hydroxylation is 2. The number of aliphatic carboxylic acids is 1. The van der Waals surface area contributed by atoms with Gasteiger partial charge in [-0.1, -0.05) is 26.0 Å². The van der Waals surface area contributed by atoms with Gasteiger partial charge in [-0.05, 0) is 31.0 Å². The third-order valence-electron chi connectivity index (χ3n) is 3.11. The van der Waals surface area contributed by atoms with Crippen LogP contribution in [0.2, 0.25) is 0 Å². The first kappa shape index (κ1) is 14.2. The Hall–Kier alpha value is -2.17. The molecule has 1 N–H and O–H groups in total. The van der Waals surface area contributed by atoms with Crippen molar-refractivity contribution in [1.82, 2.24) is 14.8 Å². The largest absolute Gasteiger partial charge is 0.481 e. The van der Waals surface area contributed by atoms with Crippen molar-refractivity contribution < 1.29 is 9.90 Å². The number of carboxylic acids is 1. The van der Waals surface area contributed by atoms with Crippen molar-refractivity contribution in [3.05, 3.63) is 41.5 Å². The lowest BCUT2D eigenvalue weighted by atomic mass is 10.1. The van der Waals surface area contributed by atoms with Crippen LogP contribution in [0.1, 0.15) is 43.4 Å². The maximum absolute atomic E-state index is 10.5. The van der Waals surface area contributed by atoms with Crippen LogP contribution in [0.3, 0.4) is 0 Å². The zero-order valence-electron chi connectivity index (χ0n) is 12.0. The van der Waals surface area contributed by atoms with Crippen LogP contribution in [0, 0.1) is 6.92 Å². The molecule has 106 valence electrons. The van der Waals surface area contributed by atoms with Crippen LogP contribution in [0.15, 0.2) is 24.3 Å². The third-order valence-corrected chi connectivity index (χ3v) is 3.11. The van der Waals surface area contributed by atoms with Gasteiger partial charge in [0, 0.05) is 12.3 Å². The summed E-state index contributed by atoms with van der Waals surface area (Å²) >= 11 is 0. The lowest BCUT2D eigenvalue weighted by Gasteiger charge is -2.04. The van der Waals surface area contributed by atoms with Crippen molar-refractivity contribution in [3.63, 3.8) is 0 Å². The van der Waals surface area contributed by atoms with Gasteiger partial charge in [-0.15, -0.1) is 0 Å². The predicted octanol–water partition coefficient (Wildman–Crippen LogP) is 2.72. The maximum Gasteiger partial charge on any atom is 0.303 e. The molecule has 0 unspecified atom stereocenters. The summed E-state index contributed by atoms with van der Waals surface area (Å²) in [6.07, 6.45) is 0.697. The minimum atomic E-state index is -0.775. The van der Waals surface area contributed by atoms with Gasteiger partial charge in [0.15, 0.2) is 5.82 Å². The standard InChI is InChI=1S/C15H19N3O2/c1-10(2)15-16-11(3)18(17-15)13-7-4-12(5-8-13)6-9-14(19)20/h4-5,7-8,10H,6,9H2,1-3H3,(H,19,20). The number of nitrogens with zero attached hydrogens (tertiary/aromatic N) is 3. The number of rotatable bonds is 5. The zero-order valence-corrected chi connectivity index (χ0v) is 12.0. The Morgan fingerprint density at radius 2 is 1.95 bits per heavy atom. The second-order valence-electron chi connectivity index (χ2n) is 5.14. The number of carbonyl (C=O) groups is 1. The van der Waals surface area contributed by atoms with E-state index in [0.717, 1.165) is 22.9 Å². The smallest absolute Gasteiger partial charge is 0.303 e. The van der Waals surface area contributed by atoms with Gasteiger partial charge in [-0.25, -0.2) is 9.67 Å². The fraction of sp³-hybridized carbons (Fsp3) is 0.400. The van der Waals surface area contributed by atoms with E-state index in [4.69, 9.17) is 5.11 Å². The number of hydrogen-bond acceptors (Lipinski definition) is 3. The quantitative estimate of drug-likeness (QED) is 0.909. The molecule has 20 heavy (non-hydrogen) atoms. The lowest BCUT2D eigenvalue weighted by molar-refractivity contribution is -0.136. The summed E-state index contributed by atoms with van der Waals surface area (Å²) < 4.78 is 1.82. The first-order chi connectivity index (χ1) is 9.47. The minimum absolute atomic E-state index is 0.152. The average molecular weight is 273 g/mol. The van der Waals surface area contributed by atoms with Crippen molar-refractivity contribution in [1.29, 1.82) is 0 Å². The molecule has 0 amide bonds. The first-order valence-electron chi connectivity index (χ1n) is 6.72. The number of aromatic nitrogens is 3. The number of benzene rings is 1. The lowest BCUT2D eigenvalue weighted by Crippen LogP contribution is -2.01. The highest BCUT2D eigenvalue weighted by Crippen LogP contribution is 2.15. The van der Waals surface area contributed by atoms with E-state index in [2.05, 4.69) is 23.9 Å². The molecule has 1 aromatic carbocycles. The van der Waals surface area contributed by atoms with Crippen LogP contribution >= 0.6 is 0 Å². The van der Waals surface area contributed by atoms with E-state index in [1.807, 2.05) is 35.9 Å². The van der Waals surface area contributed by atoms with Crippen molar-refractivity contribution in [2.24, 2.45) is 0 Å². The average Bonchev–Trinajstić information content (AvgIpc) is 2.79. The van der Waals surface area contributed by atoms with Gasteiger partial charge in [0.1, 0.15) is 5.82 Å². The fourth-order valence-corrected chi connectivity index (χ4v) is 1.95. The first-order valence-corrected chi connectivity index (χ1v) is 6.72. The predicted molar refractivity (Wildman–Crippen MR) is 76.1 cm³/mol. The van der Waals surface area contributed by atoms with Crippen molar-refractivity contribution in [2.45, 2.75) is 39.5 Å². The molecule has 0 bridgehead atoms. The van der Waals surface area contributed by atoms with Crippen molar-refractivity contribution in [2.75, 3.05) is 0 Å². The summed E-state index contributed by atoms with van der Waals surface area (Å²) in [6, 6.07) is 7.77. The Morgan fingerprint density at radius 1 is 1.30 bits per heavy atom.